The van der Waals surface area contributed by atoms with Crippen LogP contribution in [0.3, 0.4) is 0 Å². The maximum absolute atomic E-state index is 12.2. The number of benzene rings is 1. The van der Waals surface area contributed by atoms with Gasteiger partial charge in [0.05, 0.1) is 16.3 Å². The molecule has 1 amide bonds. The molecule has 0 aliphatic carbocycles. The summed E-state index contributed by atoms with van der Waals surface area (Å²) in [7, 11) is 0. The summed E-state index contributed by atoms with van der Waals surface area (Å²) < 4.78 is 0. The molecule has 7 nitrogen and oxygen atoms in total. The number of nitriles is 1. The number of halogens is 2. The molecule has 2 heterocycles. The van der Waals surface area contributed by atoms with Gasteiger partial charge < -0.3 is 15.5 Å². The average molecular weight is 404 g/mol. The highest BCUT2D eigenvalue weighted by molar-refractivity contribution is 6.37. The number of nitrogens with one attached hydrogen (secondary N) is 2. The van der Waals surface area contributed by atoms with Gasteiger partial charge in [-0.1, -0.05) is 34.4 Å². The van der Waals surface area contributed by atoms with E-state index in [-0.39, 0.29) is 5.91 Å². The van der Waals surface area contributed by atoms with Gasteiger partial charge in [-0.05, 0) is 24.3 Å². The van der Waals surface area contributed by atoms with E-state index in [2.05, 4.69) is 26.8 Å². The Balaban J connectivity index is 1.47. The molecular formula is C18H15Cl2N5O2. The van der Waals surface area contributed by atoms with Crippen molar-refractivity contribution in [3.8, 4) is 6.07 Å². The Morgan fingerprint density at radius 1 is 1.33 bits per heavy atom. The van der Waals surface area contributed by atoms with Crippen LogP contribution in [0.25, 0.3) is 0 Å². The summed E-state index contributed by atoms with van der Waals surface area (Å²) in [4.78, 5) is 21.6. The smallest absolute Gasteiger partial charge is 0.264 e. The number of hydrogen-bond donors (Lipinski definition) is 2. The van der Waals surface area contributed by atoms with Crippen molar-refractivity contribution in [2.24, 2.45) is 5.16 Å². The lowest BCUT2D eigenvalue weighted by Gasteiger charge is -2.11. The molecule has 2 N–H and O–H groups in total. The minimum atomic E-state index is -0.712. The summed E-state index contributed by atoms with van der Waals surface area (Å²) in [5.74, 6) is 0.205. The maximum atomic E-state index is 12.2. The Morgan fingerprint density at radius 3 is 2.96 bits per heavy atom. The molecule has 138 valence electrons. The van der Waals surface area contributed by atoms with Crippen molar-refractivity contribution in [1.82, 2.24) is 10.3 Å². The van der Waals surface area contributed by atoms with E-state index in [1.807, 2.05) is 0 Å². The number of aromatic nitrogens is 1. The molecule has 27 heavy (non-hydrogen) atoms. The van der Waals surface area contributed by atoms with Crippen LogP contribution in [0.4, 0.5) is 5.82 Å². The lowest BCUT2D eigenvalue weighted by molar-refractivity contribution is -0.131. The number of rotatable bonds is 6. The number of hydrogen-bond acceptors (Lipinski definition) is 6. The predicted octanol–water partition coefficient (Wildman–Crippen LogP) is 2.98. The van der Waals surface area contributed by atoms with Gasteiger partial charge in [-0.25, -0.2) is 4.98 Å². The van der Waals surface area contributed by atoms with Gasteiger partial charge in [-0.3, -0.25) is 4.79 Å². The highest BCUT2D eigenvalue weighted by atomic mass is 35.5. The van der Waals surface area contributed by atoms with E-state index in [1.165, 1.54) is 0 Å². The zero-order chi connectivity index (χ0) is 19.2. The minimum absolute atomic E-state index is 0.276. The Kier molecular flexibility index (Phi) is 6.12. The zero-order valence-electron chi connectivity index (χ0n) is 14.1. The van der Waals surface area contributed by atoms with Crippen LogP contribution in [0.15, 0.2) is 41.7 Å². The van der Waals surface area contributed by atoms with Crippen molar-refractivity contribution < 1.29 is 9.63 Å². The summed E-state index contributed by atoms with van der Waals surface area (Å²) in [5, 5.41) is 19.7. The fraction of sp³-hybridized carbons (Fsp3) is 0.222. The summed E-state index contributed by atoms with van der Waals surface area (Å²) >= 11 is 12.1. The third-order valence-corrected chi connectivity index (χ3v) is 4.40. The summed E-state index contributed by atoms with van der Waals surface area (Å²) in [6.07, 6.45) is 1.20. The number of oxime groups is 1. The molecule has 1 aromatic carbocycles. The van der Waals surface area contributed by atoms with Crippen LogP contribution in [-0.2, 0) is 9.63 Å². The second-order valence-corrected chi connectivity index (χ2v) is 6.53. The molecule has 3 rings (SSSR count). The third-order valence-electron chi connectivity index (χ3n) is 3.85. The van der Waals surface area contributed by atoms with E-state index in [4.69, 9.17) is 33.3 Å². The van der Waals surface area contributed by atoms with Gasteiger partial charge in [-0.15, -0.1) is 0 Å². The first kappa shape index (κ1) is 19.0. The Labute approximate surface area is 165 Å². The van der Waals surface area contributed by atoms with Crippen molar-refractivity contribution in [3.05, 3.63) is 57.7 Å². The fourth-order valence-electron chi connectivity index (χ4n) is 2.52. The average Bonchev–Trinajstić information content (AvgIpc) is 3.15. The second-order valence-electron chi connectivity index (χ2n) is 5.69. The molecule has 0 saturated heterocycles. The van der Waals surface area contributed by atoms with Crippen LogP contribution in [0.1, 0.15) is 17.5 Å². The quantitative estimate of drug-likeness (QED) is 0.722. The Hall–Kier alpha value is -2.82. The molecule has 0 bridgehead atoms. The predicted molar refractivity (Wildman–Crippen MR) is 103 cm³/mol. The van der Waals surface area contributed by atoms with Crippen LogP contribution in [0.5, 0.6) is 0 Å². The first-order valence-electron chi connectivity index (χ1n) is 8.13. The first-order valence-corrected chi connectivity index (χ1v) is 8.89. The topological polar surface area (TPSA) is 99.4 Å². The molecule has 1 atom stereocenters. The van der Waals surface area contributed by atoms with Gasteiger partial charge in [0, 0.05) is 36.3 Å². The maximum Gasteiger partial charge on any atom is 0.264 e. The van der Waals surface area contributed by atoms with Gasteiger partial charge in [0.15, 0.2) is 0 Å². The van der Waals surface area contributed by atoms with Crippen LogP contribution in [0, 0.1) is 11.3 Å². The van der Waals surface area contributed by atoms with Crippen molar-refractivity contribution in [2.75, 3.05) is 18.4 Å². The molecule has 0 radical (unpaired) electrons. The van der Waals surface area contributed by atoms with E-state index >= 15 is 0 Å². The third kappa shape index (κ3) is 4.67. The normalized spacial score (nSPS) is 15.4. The van der Waals surface area contributed by atoms with Crippen molar-refractivity contribution in [3.63, 3.8) is 0 Å². The lowest BCUT2D eigenvalue weighted by atomic mass is 10.0. The molecular weight excluding hydrogens is 389 g/mol. The lowest BCUT2D eigenvalue weighted by Crippen LogP contribution is -2.37. The first-order chi connectivity index (χ1) is 13.1. The Morgan fingerprint density at radius 2 is 2.19 bits per heavy atom. The largest absolute Gasteiger partial charge is 0.382 e. The molecule has 1 unspecified atom stereocenters. The SMILES string of the molecule is N#Cc1cccnc1NCCNC(=O)C1CC(c2ccc(Cl)cc2Cl)=NO1. The van der Waals surface area contributed by atoms with E-state index in [0.29, 0.717) is 52.2 Å². The van der Waals surface area contributed by atoms with Crippen molar-refractivity contribution in [1.29, 1.82) is 5.26 Å². The van der Waals surface area contributed by atoms with Crippen molar-refractivity contribution >= 4 is 40.6 Å². The standard InChI is InChI=1S/C18H15Cl2N5O2/c19-12-3-4-13(14(20)8-12)15-9-16(27-25-15)18(26)24-7-6-23-17-11(10-21)2-1-5-22-17/h1-5,8,16H,6-7,9H2,(H,22,23)(H,24,26). The second kappa shape index (κ2) is 8.71. The van der Waals surface area contributed by atoms with E-state index in [9.17, 15) is 4.79 Å². The van der Waals surface area contributed by atoms with Gasteiger partial charge in [-0.2, -0.15) is 5.26 Å². The molecule has 1 aliphatic heterocycles. The number of nitrogens with zero attached hydrogens (tertiary/aromatic N) is 3. The van der Waals surface area contributed by atoms with Gasteiger partial charge in [0.25, 0.3) is 5.91 Å². The van der Waals surface area contributed by atoms with Crippen LogP contribution in [-0.4, -0.2) is 35.8 Å². The number of pyridine rings is 1. The van der Waals surface area contributed by atoms with Crippen molar-refractivity contribution in [2.45, 2.75) is 12.5 Å². The fourth-order valence-corrected chi connectivity index (χ4v) is 3.03. The minimum Gasteiger partial charge on any atom is -0.382 e. The van der Waals surface area contributed by atoms with Gasteiger partial charge in [0.1, 0.15) is 11.9 Å². The number of carbonyl (C=O) groups is 1. The number of anilines is 1. The summed E-state index contributed by atoms with van der Waals surface area (Å²) in [6.45, 7) is 0.762. The van der Waals surface area contributed by atoms with E-state index in [1.54, 1.807) is 36.5 Å². The number of carbonyl (C=O) groups excluding carboxylic acids is 1. The van der Waals surface area contributed by atoms with Crippen LogP contribution < -0.4 is 10.6 Å². The molecule has 0 saturated carbocycles. The molecule has 9 heteroatoms. The van der Waals surface area contributed by atoms with E-state index in [0.717, 1.165) is 0 Å². The monoisotopic (exact) mass is 403 g/mol. The molecule has 1 aliphatic rings. The van der Waals surface area contributed by atoms with E-state index < -0.39 is 6.10 Å². The summed E-state index contributed by atoms with van der Waals surface area (Å²) in [6, 6.07) is 10.5. The molecule has 0 fully saturated rings. The molecule has 1 aromatic heterocycles. The summed E-state index contributed by atoms with van der Waals surface area (Å²) in [5.41, 5.74) is 1.74. The van der Waals surface area contributed by atoms with Gasteiger partial charge >= 0.3 is 0 Å². The molecule has 2 aromatic rings. The number of amides is 1. The Bertz CT molecular complexity index is 926. The van der Waals surface area contributed by atoms with Gasteiger partial charge in [0.2, 0.25) is 6.10 Å². The highest BCUT2D eigenvalue weighted by Gasteiger charge is 2.29. The van der Waals surface area contributed by atoms with Crippen LogP contribution in [0.2, 0.25) is 10.0 Å². The van der Waals surface area contributed by atoms with Crippen LogP contribution >= 0.6 is 23.2 Å². The zero-order valence-corrected chi connectivity index (χ0v) is 15.6. The molecule has 0 spiro atoms. The highest BCUT2D eigenvalue weighted by Crippen LogP contribution is 2.26.